The third-order valence-corrected chi connectivity index (χ3v) is 6.15. The molecule has 7 heteroatoms. The molecule has 2 bridgehead atoms. The molecule has 2 fully saturated rings. The van der Waals surface area contributed by atoms with Crippen molar-refractivity contribution in [1.29, 1.82) is 0 Å². The Hall–Kier alpha value is -2.02. The molecule has 1 aliphatic heterocycles. The van der Waals surface area contributed by atoms with Crippen molar-refractivity contribution in [3.63, 3.8) is 0 Å². The molecule has 0 aromatic heterocycles. The summed E-state index contributed by atoms with van der Waals surface area (Å²) in [6, 6.07) is 5.52. The van der Waals surface area contributed by atoms with Gasteiger partial charge >= 0.3 is 6.36 Å². The second-order valence-electron chi connectivity index (χ2n) is 8.09. The predicted octanol–water partition coefficient (Wildman–Crippen LogP) is 3.48. The molecule has 1 saturated carbocycles. The highest BCUT2D eigenvalue weighted by Crippen LogP contribution is 2.43. The number of amides is 1. The van der Waals surface area contributed by atoms with Crippen LogP contribution < -0.4 is 4.74 Å². The van der Waals surface area contributed by atoms with Crippen LogP contribution in [0, 0.1) is 17.8 Å². The van der Waals surface area contributed by atoms with E-state index in [2.05, 4.69) is 21.8 Å². The second kappa shape index (κ2) is 7.78. The number of halogens is 3. The van der Waals surface area contributed by atoms with Crippen molar-refractivity contribution < 1.29 is 22.7 Å². The fourth-order valence-corrected chi connectivity index (χ4v) is 4.71. The zero-order chi connectivity index (χ0) is 19.7. The molecule has 3 aliphatic rings. The van der Waals surface area contributed by atoms with Gasteiger partial charge in [-0.05, 0) is 48.3 Å². The van der Waals surface area contributed by atoms with E-state index in [9.17, 15) is 18.0 Å². The van der Waals surface area contributed by atoms with Gasteiger partial charge in [0.15, 0.2) is 0 Å². The van der Waals surface area contributed by atoms with Gasteiger partial charge in [0.05, 0.1) is 6.42 Å². The first-order valence-electron chi connectivity index (χ1n) is 9.89. The Morgan fingerprint density at radius 2 is 1.75 bits per heavy atom. The first-order valence-corrected chi connectivity index (χ1v) is 9.89. The van der Waals surface area contributed by atoms with Gasteiger partial charge in [-0.25, -0.2) is 0 Å². The molecule has 0 spiro atoms. The van der Waals surface area contributed by atoms with Crippen LogP contribution in [-0.4, -0.2) is 54.8 Å². The van der Waals surface area contributed by atoms with Crippen LogP contribution in [0.3, 0.4) is 0 Å². The lowest BCUT2D eigenvalue weighted by molar-refractivity contribution is -0.274. The van der Waals surface area contributed by atoms with Gasteiger partial charge in [0.2, 0.25) is 5.91 Å². The van der Waals surface area contributed by atoms with E-state index in [1.165, 1.54) is 37.1 Å². The van der Waals surface area contributed by atoms with Crippen molar-refractivity contribution in [3.8, 4) is 5.75 Å². The predicted molar refractivity (Wildman–Crippen MR) is 98.7 cm³/mol. The van der Waals surface area contributed by atoms with Gasteiger partial charge in [-0.2, -0.15) is 0 Å². The highest BCUT2D eigenvalue weighted by molar-refractivity contribution is 5.79. The van der Waals surface area contributed by atoms with Gasteiger partial charge in [-0.15, -0.1) is 13.2 Å². The normalized spacial score (nSPS) is 27.4. The van der Waals surface area contributed by atoms with E-state index in [0.29, 0.717) is 18.7 Å². The van der Waals surface area contributed by atoms with Crippen LogP contribution in [0.4, 0.5) is 13.2 Å². The minimum absolute atomic E-state index is 0.0204. The molecule has 4 rings (SSSR count). The van der Waals surface area contributed by atoms with Gasteiger partial charge in [-0.3, -0.25) is 9.69 Å². The van der Waals surface area contributed by atoms with Gasteiger partial charge < -0.3 is 9.64 Å². The molecule has 4 nitrogen and oxygen atoms in total. The first-order chi connectivity index (χ1) is 13.4. The number of nitrogens with zero attached hydrogens (tertiary/aromatic N) is 2. The maximum atomic E-state index is 12.5. The Morgan fingerprint density at radius 3 is 2.32 bits per heavy atom. The smallest absolute Gasteiger partial charge is 0.406 e. The summed E-state index contributed by atoms with van der Waals surface area (Å²) < 4.78 is 40.5. The second-order valence-corrected chi connectivity index (χ2v) is 8.09. The summed E-state index contributed by atoms with van der Waals surface area (Å²) in [7, 11) is 0. The standard InChI is InChI=1S/C21H25F3N2O2/c22-21(23,24)28-19-5-2-15(3-6-19)13-20(27)26-9-7-25(8-10-26)14-18-12-16-1-4-17(18)11-16/h1-6,16-18H,7-14H2. The fraction of sp³-hybridized carbons (Fsp3) is 0.571. The fourth-order valence-electron chi connectivity index (χ4n) is 4.71. The molecule has 3 atom stereocenters. The van der Waals surface area contributed by atoms with Gasteiger partial charge in [0.25, 0.3) is 0 Å². The molecule has 0 radical (unpaired) electrons. The Kier molecular flexibility index (Phi) is 5.36. The van der Waals surface area contributed by atoms with Crippen LogP contribution >= 0.6 is 0 Å². The number of carbonyl (C=O) groups is 1. The van der Waals surface area contributed by atoms with Crippen molar-refractivity contribution in [2.45, 2.75) is 25.6 Å². The largest absolute Gasteiger partial charge is 0.573 e. The maximum absolute atomic E-state index is 12.5. The first kappa shape index (κ1) is 19.3. The average Bonchev–Trinajstić information content (AvgIpc) is 3.26. The van der Waals surface area contributed by atoms with Crippen molar-refractivity contribution in [2.75, 3.05) is 32.7 Å². The highest BCUT2D eigenvalue weighted by Gasteiger charge is 2.37. The summed E-state index contributed by atoms with van der Waals surface area (Å²) in [5.41, 5.74) is 0.690. The average molecular weight is 394 g/mol. The summed E-state index contributed by atoms with van der Waals surface area (Å²) >= 11 is 0. The molecule has 1 heterocycles. The third-order valence-electron chi connectivity index (χ3n) is 6.15. The highest BCUT2D eigenvalue weighted by atomic mass is 19.4. The number of carbonyl (C=O) groups excluding carboxylic acids is 1. The minimum Gasteiger partial charge on any atom is -0.406 e. The van der Waals surface area contributed by atoms with Gasteiger partial charge in [-0.1, -0.05) is 24.3 Å². The van der Waals surface area contributed by atoms with Crippen molar-refractivity contribution in [3.05, 3.63) is 42.0 Å². The molecule has 3 unspecified atom stereocenters. The molecule has 1 amide bonds. The number of ether oxygens (including phenoxy) is 1. The molecule has 2 aliphatic carbocycles. The third kappa shape index (κ3) is 4.69. The molecular weight excluding hydrogens is 369 g/mol. The quantitative estimate of drug-likeness (QED) is 0.717. The van der Waals surface area contributed by atoms with Crippen LogP contribution in [-0.2, 0) is 11.2 Å². The summed E-state index contributed by atoms with van der Waals surface area (Å²) in [4.78, 5) is 16.8. The number of hydrogen-bond donors (Lipinski definition) is 0. The summed E-state index contributed by atoms with van der Waals surface area (Å²) in [5, 5.41) is 0. The lowest BCUT2D eigenvalue weighted by Gasteiger charge is -2.37. The Balaban J connectivity index is 1.22. The molecule has 1 aromatic rings. The van der Waals surface area contributed by atoms with Crippen LogP contribution in [0.25, 0.3) is 0 Å². The van der Waals surface area contributed by atoms with Crippen LogP contribution in [0.15, 0.2) is 36.4 Å². The van der Waals surface area contributed by atoms with E-state index in [1.807, 2.05) is 4.90 Å². The van der Waals surface area contributed by atoms with Crippen molar-refractivity contribution in [1.82, 2.24) is 9.80 Å². The van der Waals surface area contributed by atoms with Gasteiger partial charge in [0, 0.05) is 32.7 Å². The number of alkyl halides is 3. The Bertz CT molecular complexity index is 724. The Morgan fingerprint density at radius 1 is 1.04 bits per heavy atom. The van der Waals surface area contributed by atoms with Crippen LogP contribution in [0.5, 0.6) is 5.75 Å². The van der Waals surface area contributed by atoms with E-state index < -0.39 is 6.36 Å². The van der Waals surface area contributed by atoms with Crippen molar-refractivity contribution in [2.24, 2.45) is 17.8 Å². The van der Waals surface area contributed by atoms with Crippen LogP contribution in [0.2, 0.25) is 0 Å². The number of hydrogen-bond acceptors (Lipinski definition) is 3. The summed E-state index contributed by atoms with van der Waals surface area (Å²) in [5.74, 6) is 2.04. The summed E-state index contributed by atoms with van der Waals surface area (Å²) in [6.45, 7) is 4.33. The maximum Gasteiger partial charge on any atom is 0.573 e. The monoisotopic (exact) mass is 394 g/mol. The molecular formula is C21H25F3N2O2. The number of fused-ring (bicyclic) bond motifs is 2. The number of rotatable bonds is 5. The van der Waals surface area contributed by atoms with E-state index in [0.717, 1.165) is 37.4 Å². The topological polar surface area (TPSA) is 32.8 Å². The number of piperazine rings is 1. The Labute approximate surface area is 162 Å². The molecule has 152 valence electrons. The van der Waals surface area contributed by atoms with Crippen molar-refractivity contribution >= 4 is 5.91 Å². The van der Waals surface area contributed by atoms with E-state index in [4.69, 9.17) is 0 Å². The van der Waals surface area contributed by atoms with E-state index in [1.54, 1.807) is 0 Å². The molecule has 28 heavy (non-hydrogen) atoms. The molecule has 1 aromatic carbocycles. The lowest BCUT2D eigenvalue weighted by Crippen LogP contribution is -2.50. The lowest BCUT2D eigenvalue weighted by atomic mass is 9.93. The van der Waals surface area contributed by atoms with Crippen LogP contribution in [0.1, 0.15) is 18.4 Å². The minimum atomic E-state index is -4.70. The van der Waals surface area contributed by atoms with E-state index in [-0.39, 0.29) is 18.1 Å². The van der Waals surface area contributed by atoms with Gasteiger partial charge in [0.1, 0.15) is 5.75 Å². The molecule has 0 N–H and O–H groups in total. The number of benzene rings is 1. The summed E-state index contributed by atoms with van der Waals surface area (Å²) in [6.07, 6.45) is 2.85. The molecule has 1 saturated heterocycles. The zero-order valence-corrected chi connectivity index (χ0v) is 15.7. The zero-order valence-electron chi connectivity index (χ0n) is 15.7. The number of allylic oxidation sites excluding steroid dienone is 2. The SMILES string of the molecule is O=C(Cc1ccc(OC(F)(F)F)cc1)N1CCN(CC2CC3C=CC2C3)CC1. The van der Waals surface area contributed by atoms with E-state index >= 15 is 0 Å².